The highest BCUT2D eigenvalue weighted by Crippen LogP contribution is 2.61. The van der Waals surface area contributed by atoms with Crippen molar-refractivity contribution in [1.29, 1.82) is 0 Å². The number of unbranched alkanes of at least 4 members (excludes halogenated alkanes) is 3. The second-order valence-corrected chi connectivity index (χ2v) is 7.44. The van der Waals surface area contributed by atoms with Crippen LogP contribution >= 0.6 is 0 Å². The van der Waals surface area contributed by atoms with Crippen LogP contribution < -0.4 is 0 Å². The van der Waals surface area contributed by atoms with Crippen LogP contribution in [0.5, 0.6) is 0 Å². The van der Waals surface area contributed by atoms with Crippen LogP contribution in [0, 0.1) is 10.8 Å². The molecular weight excluding hydrogens is 247 g/mol. The topological polar surface area (TPSA) is 0 Å². The predicted octanol–water partition coefficient (Wildman–Crippen LogP) is 3.95. The summed E-state index contributed by atoms with van der Waals surface area (Å²) < 4.78 is 39.9. The third-order valence-electron chi connectivity index (χ3n) is 5.62. The molecule has 0 fully saturated rings. The summed E-state index contributed by atoms with van der Waals surface area (Å²) in [5.41, 5.74) is -2.02. The Morgan fingerprint density at radius 3 is 1.68 bits per heavy atom. The first-order valence-electron chi connectivity index (χ1n) is 7.38. The highest BCUT2D eigenvalue weighted by atomic mass is 19.4. The van der Waals surface area contributed by atoms with E-state index >= 15 is 0 Å². The van der Waals surface area contributed by atoms with Crippen molar-refractivity contribution in [3.05, 3.63) is 0 Å². The summed E-state index contributed by atoms with van der Waals surface area (Å²) in [6.45, 7) is 8.77. The molecule has 0 amide bonds. The largest absolute Gasteiger partial charge is 0.393 e. The van der Waals surface area contributed by atoms with Gasteiger partial charge in [-0.05, 0) is 11.8 Å². The molecule has 0 rings (SSSR count). The number of halogens is 3. The maximum atomic E-state index is 13.3. The van der Waals surface area contributed by atoms with Gasteiger partial charge in [-0.3, -0.25) is 0 Å². The fraction of sp³-hybridized carbons (Fsp3) is 1.00. The zero-order valence-corrected chi connectivity index (χ0v) is 13.7. The maximum Gasteiger partial charge on any atom is 0.393 e. The van der Waals surface area contributed by atoms with Crippen molar-refractivity contribution in [2.75, 3.05) is 0 Å². The van der Waals surface area contributed by atoms with Gasteiger partial charge < -0.3 is 0 Å². The highest BCUT2D eigenvalue weighted by Gasteiger charge is 2.60. The van der Waals surface area contributed by atoms with Gasteiger partial charge in [0.25, 0.3) is 0 Å². The molecule has 0 saturated heterocycles. The molecule has 0 aliphatic rings. The molecule has 0 aromatic rings. The van der Waals surface area contributed by atoms with Crippen LogP contribution in [0.25, 0.3) is 0 Å². The summed E-state index contributed by atoms with van der Waals surface area (Å²) in [5.74, 6) is 0. The maximum absolute atomic E-state index is 13.3. The van der Waals surface area contributed by atoms with Gasteiger partial charge in [-0.1, -0.05) is 65.5 Å². The molecule has 0 nitrogen and oxygen atoms in total. The van der Waals surface area contributed by atoms with Crippen molar-refractivity contribution >= 4 is 15.7 Å². The second-order valence-electron chi connectivity index (χ2n) is 7.44. The SMILES string of the molecule is BC(B)(C(C)(C)CCCCCC)C(C)(C)C(F)(F)F. The Kier molecular flexibility index (Phi) is 6.11. The monoisotopic (exact) mass is 276 g/mol. The van der Waals surface area contributed by atoms with Crippen molar-refractivity contribution in [2.45, 2.75) is 78.1 Å². The lowest BCUT2D eigenvalue weighted by molar-refractivity contribution is -0.226. The van der Waals surface area contributed by atoms with E-state index in [0.717, 1.165) is 25.7 Å². The molecule has 0 heterocycles. The Hall–Kier alpha value is -0.0801. The van der Waals surface area contributed by atoms with E-state index in [2.05, 4.69) is 6.92 Å². The Balaban J connectivity index is 4.96. The summed E-state index contributed by atoms with van der Waals surface area (Å²) in [4.78, 5) is 0. The van der Waals surface area contributed by atoms with Crippen molar-refractivity contribution in [3.63, 3.8) is 0 Å². The zero-order valence-electron chi connectivity index (χ0n) is 13.7. The summed E-state index contributed by atoms with van der Waals surface area (Å²) in [6.07, 6.45) is 1.12. The predicted molar refractivity (Wildman–Crippen MR) is 82.2 cm³/mol. The van der Waals surface area contributed by atoms with Gasteiger partial charge in [0.15, 0.2) is 0 Å². The Bertz CT molecular complexity index is 281. The Labute approximate surface area is 118 Å². The van der Waals surface area contributed by atoms with Gasteiger partial charge in [-0.2, -0.15) is 13.2 Å². The third-order valence-corrected chi connectivity index (χ3v) is 5.62. The summed E-state index contributed by atoms with van der Waals surface area (Å²) in [5, 5.41) is -0.801. The van der Waals surface area contributed by atoms with E-state index in [9.17, 15) is 13.2 Å². The highest BCUT2D eigenvalue weighted by molar-refractivity contribution is 6.41. The molecule has 0 aromatic heterocycles. The quantitative estimate of drug-likeness (QED) is 0.487. The minimum absolute atomic E-state index is 0.334. The van der Waals surface area contributed by atoms with Crippen molar-refractivity contribution in [3.8, 4) is 0 Å². The van der Waals surface area contributed by atoms with Crippen molar-refractivity contribution in [2.24, 2.45) is 10.8 Å². The molecule has 19 heavy (non-hydrogen) atoms. The van der Waals surface area contributed by atoms with Gasteiger partial charge in [-0.25, -0.2) is 0 Å². The number of alkyl halides is 3. The van der Waals surface area contributed by atoms with Gasteiger partial charge in [0.1, 0.15) is 15.7 Å². The fourth-order valence-corrected chi connectivity index (χ4v) is 2.51. The number of hydrogen-bond donors (Lipinski definition) is 0. The van der Waals surface area contributed by atoms with E-state index in [4.69, 9.17) is 0 Å². The summed E-state index contributed by atoms with van der Waals surface area (Å²) in [7, 11) is 3.53. The average Bonchev–Trinajstić information content (AvgIpc) is 2.22. The van der Waals surface area contributed by atoms with Crippen LogP contribution in [0.4, 0.5) is 13.2 Å². The van der Waals surface area contributed by atoms with Gasteiger partial charge in [-0.15, -0.1) is 0 Å². The first kappa shape index (κ1) is 18.9. The zero-order chi connectivity index (χ0) is 15.5. The molecule has 0 atom stereocenters. The third kappa shape index (κ3) is 3.95. The van der Waals surface area contributed by atoms with Crippen LogP contribution in [0.1, 0.15) is 66.7 Å². The van der Waals surface area contributed by atoms with E-state index in [1.807, 2.05) is 13.8 Å². The lowest BCUT2D eigenvalue weighted by Gasteiger charge is -2.53. The molecule has 0 N–H and O–H groups in total. The minimum Gasteiger partial charge on any atom is -0.171 e. The van der Waals surface area contributed by atoms with Crippen molar-refractivity contribution < 1.29 is 13.2 Å². The van der Waals surface area contributed by atoms with Crippen LogP contribution in [-0.2, 0) is 0 Å². The Morgan fingerprint density at radius 1 is 0.842 bits per heavy atom. The van der Waals surface area contributed by atoms with Crippen LogP contribution in [-0.4, -0.2) is 21.9 Å². The smallest absolute Gasteiger partial charge is 0.171 e. The average molecular weight is 276 g/mol. The van der Waals surface area contributed by atoms with E-state index in [-0.39, 0.29) is 5.41 Å². The molecule has 0 aliphatic heterocycles. The second kappa shape index (κ2) is 6.13. The van der Waals surface area contributed by atoms with E-state index in [0.29, 0.717) is 0 Å². The minimum atomic E-state index is -4.17. The normalized spacial score (nSPS) is 14.7. The van der Waals surface area contributed by atoms with Gasteiger partial charge in [0, 0.05) is 0 Å². The fourth-order valence-electron chi connectivity index (χ4n) is 2.51. The molecular formula is C14H29B2F3. The molecule has 5 heteroatoms. The summed E-state index contributed by atoms with van der Waals surface area (Å²) >= 11 is 0. The van der Waals surface area contributed by atoms with Crippen LogP contribution in [0.2, 0.25) is 5.21 Å². The lowest BCUT2D eigenvalue weighted by Crippen LogP contribution is -2.51. The molecule has 0 saturated carbocycles. The van der Waals surface area contributed by atoms with Crippen molar-refractivity contribution in [1.82, 2.24) is 0 Å². The molecule has 0 spiro atoms. The van der Waals surface area contributed by atoms with E-state index in [1.165, 1.54) is 20.3 Å². The molecule has 0 aromatic carbocycles. The van der Waals surface area contributed by atoms with Gasteiger partial charge in [0.2, 0.25) is 0 Å². The molecule has 0 radical (unpaired) electrons. The van der Waals surface area contributed by atoms with Crippen LogP contribution in [0.3, 0.4) is 0 Å². The molecule has 0 bridgehead atoms. The van der Waals surface area contributed by atoms with Gasteiger partial charge >= 0.3 is 6.18 Å². The number of hydrogen-bond acceptors (Lipinski definition) is 0. The standard InChI is InChI=1S/C14H29B2F3/c1-6-7-8-9-10-11(2,3)13(15,16)12(4,5)14(17,18)19/h6-10,15-16H2,1-5H3. The van der Waals surface area contributed by atoms with Crippen LogP contribution in [0.15, 0.2) is 0 Å². The van der Waals surface area contributed by atoms with E-state index < -0.39 is 16.8 Å². The van der Waals surface area contributed by atoms with E-state index in [1.54, 1.807) is 15.7 Å². The number of rotatable bonds is 7. The lowest BCUT2D eigenvalue weighted by atomic mass is 9.33. The van der Waals surface area contributed by atoms with Gasteiger partial charge in [0.05, 0.1) is 5.41 Å². The molecule has 0 unspecified atom stereocenters. The molecule has 0 aliphatic carbocycles. The molecule has 112 valence electrons. The first-order chi connectivity index (χ1) is 8.31. The first-order valence-corrected chi connectivity index (χ1v) is 7.38. The Morgan fingerprint density at radius 2 is 1.32 bits per heavy atom. The summed E-state index contributed by atoms with van der Waals surface area (Å²) in [6, 6.07) is 0.